The van der Waals surface area contributed by atoms with E-state index in [4.69, 9.17) is 4.74 Å². The van der Waals surface area contributed by atoms with Gasteiger partial charge in [0.1, 0.15) is 5.75 Å². The molecule has 0 radical (unpaired) electrons. The number of amides is 1. The summed E-state index contributed by atoms with van der Waals surface area (Å²) in [5.41, 5.74) is 3.29. The van der Waals surface area contributed by atoms with Crippen LogP contribution in [-0.4, -0.2) is 32.2 Å². The van der Waals surface area contributed by atoms with E-state index < -0.39 is 0 Å². The number of rotatable bonds is 5. The van der Waals surface area contributed by atoms with Crippen LogP contribution in [0, 0.1) is 0 Å². The van der Waals surface area contributed by atoms with E-state index in [2.05, 4.69) is 15.4 Å². The minimum atomic E-state index is -0.258. The number of nitrogens with one attached hydrogen (secondary N) is 1. The highest BCUT2D eigenvalue weighted by atomic mass is 32.1. The summed E-state index contributed by atoms with van der Waals surface area (Å²) in [6.07, 6.45) is 3.91. The molecular formula is C22H17N5O2S. The average Bonchev–Trinajstić information content (AvgIpc) is 3.51. The van der Waals surface area contributed by atoms with E-state index in [9.17, 15) is 4.79 Å². The number of aromatic nitrogens is 4. The van der Waals surface area contributed by atoms with Gasteiger partial charge < -0.3 is 9.30 Å². The van der Waals surface area contributed by atoms with E-state index >= 15 is 0 Å². The third-order valence-corrected chi connectivity index (χ3v) is 5.54. The third kappa shape index (κ3) is 3.23. The van der Waals surface area contributed by atoms with Crippen molar-refractivity contribution in [2.75, 3.05) is 12.4 Å². The van der Waals surface area contributed by atoms with Crippen LogP contribution in [-0.2, 0) is 0 Å². The second-order valence-electron chi connectivity index (χ2n) is 6.54. The SMILES string of the molecule is COc1ccccc1-c1csc2nc(NC(=O)c3ccc(-n4cccc4)cc3)nn12. The Morgan fingerprint density at radius 2 is 1.80 bits per heavy atom. The van der Waals surface area contributed by atoms with E-state index in [-0.39, 0.29) is 11.9 Å². The number of methoxy groups -OCH3 is 1. The van der Waals surface area contributed by atoms with Crippen molar-refractivity contribution >= 4 is 28.2 Å². The van der Waals surface area contributed by atoms with Crippen LogP contribution >= 0.6 is 11.3 Å². The van der Waals surface area contributed by atoms with Gasteiger partial charge in [0.05, 0.1) is 12.8 Å². The summed E-state index contributed by atoms with van der Waals surface area (Å²) in [5, 5.41) is 9.23. The lowest BCUT2D eigenvalue weighted by molar-refractivity contribution is 0.102. The highest BCUT2D eigenvalue weighted by Crippen LogP contribution is 2.32. The van der Waals surface area contributed by atoms with Gasteiger partial charge in [-0.05, 0) is 48.5 Å². The molecule has 0 aliphatic heterocycles. The van der Waals surface area contributed by atoms with E-state index in [1.807, 2.05) is 70.9 Å². The van der Waals surface area contributed by atoms with Gasteiger partial charge in [-0.15, -0.1) is 16.4 Å². The van der Waals surface area contributed by atoms with Crippen molar-refractivity contribution in [3.05, 3.63) is 84.0 Å². The first-order valence-electron chi connectivity index (χ1n) is 9.25. The molecule has 30 heavy (non-hydrogen) atoms. The van der Waals surface area contributed by atoms with Crippen molar-refractivity contribution < 1.29 is 9.53 Å². The van der Waals surface area contributed by atoms with Crippen LogP contribution in [0.25, 0.3) is 21.9 Å². The molecule has 0 unspecified atom stereocenters. The number of carbonyl (C=O) groups excluding carboxylic acids is 1. The molecule has 0 fully saturated rings. The number of nitrogens with zero attached hydrogens (tertiary/aromatic N) is 4. The normalized spacial score (nSPS) is 11.0. The van der Waals surface area contributed by atoms with Crippen LogP contribution in [0.4, 0.5) is 5.95 Å². The molecule has 0 spiro atoms. The highest BCUT2D eigenvalue weighted by Gasteiger charge is 2.16. The number of anilines is 1. The molecule has 3 heterocycles. The first-order valence-corrected chi connectivity index (χ1v) is 10.1. The minimum absolute atomic E-state index is 0.258. The minimum Gasteiger partial charge on any atom is -0.496 e. The molecule has 0 bridgehead atoms. The zero-order chi connectivity index (χ0) is 20.5. The lowest BCUT2D eigenvalue weighted by atomic mass is 10.1. The lowest BCUT2D eigenvalue weighted by Gasteiger charge is -2.06. The predicted octanol–water partition coefficient (Wildman–Crippen LogP) is 4.51. The maximum Gasteiger partial charge on any atom is 0.258 e. The van der Waals surface area contributed by atoms with Crippen molar-refractivity contribution in [3.63, 3.8) is 0 Å². The Bertz CT molecular complexity index is 1320. The summed E-state index contributed by atoms with van der Waals surface area (Å²) in [4.78, 5) is 17.8. The molecular weight excluding hydrogens is 398 g/mol. The monoisotopic (exact) mass is 415 g/mol. The predicted molar refractivity (Wildman–Crippen MR) is 117 cm³/mol. The summed E-state index contributed by atoms with van der Waals surface area (Å²) in [7, 11) is 1.64. The molecule has 1 N–H and O–H groups in total. The van der Waals surface area contributed by atoms with Crippen molar-refractivity contribution in [3.8, 4) is 22.7 Å². The van der Waals surface area contributed by atoms with Crippen molar-refractivity contribution in [1.29, 1.82) is 0 Å². The molecule has 8 heteroatoms. The molecule has 5 rings (SSSR count). The van der Waals surface area contributed by atoms with E-state index in [0.29, 0.717) is 10.5 Å². The van der Waals surface area contributed by atoms with Crippen LogP contribution in [0.5, 0.6) is 5.75 Å². The van der Waals surface area contributed by atoms with E-state index in [0.717, 1.165) is 22.7 Å². The number of hydrogen-bond acceptors (Lipinski definition) is 5. The second kappa shape index (κ2) is 7.49. The van der Waals surface area contributed by atoms with Crippen molar-refractivity contribution in [2.24, 2.45) is 0 Å². The van der Waals surface area contributed by atoms with Crippen LogP contribution in [0.2, 0.25) is 0 Å². The smallest absolute Gasteiger partial charge is 0.258 e. The zero-order valence-corrected chi connectivity index (χ0v) is 16.8. The number of para-hydroxylation sites is 1. The second-order valence-corrected chi connectivity index (χ2v) is 7.38. The highest BCUT2D eigenvalue weighted by molar-refractivity contribution is 7.15. The Hall–Kier alpha value is -3.91. The Morgan fingerprint density at radius 1 is 1.03 bits per heavy atom. The average molecular weight is 415 g/mol. The number of benzene rings is 2. The fourth-order valence-electron chi connectivity index (χ4n) is 3.24. The number of carbonyl (C=O) groups is 1. The summed E-state index contributed by atoms with van der Waals surface area (Å²) in [5.74, 6) is 0.754. The van der Waals surface area contributed by atoms with Gasteiger partial charge >= 0.3 is 0 Å². The maximum absolute atomic E-state index is 12.6. The number of ether oxygens (including phenoxy) is 1. The fraction of sp³-hybridized carbons (Fsp3) is 0.0455. The lowest BCUT2D eigenvalue weighted by Crippen LogP contribution is -2.13. The molecule has 3 aromatic heterocycles. The molecule has 0 saturated heterocycles. The number of hydrogen-bond donors (Lipinski definition) is 1. The Morgan fingerprint density at radius 3 is 2.57 bits per heavy atom. The van der Waals surface area contributed by atoms with Gasteiger partial charge in [-0.25, -0.2) is 4.52 Å². The molecule has 0 saturated carbocycles. The fourth-order valence-corrected chi connectivity index (χ4v) is 4.06. The topological polar surface area (TPSA) is 73.4 Å². The van der Waals surface area contributed by atoms with E-state index in [1.54, 1.807) is 23.8 Å². The summed E-state index contributed by atoms with van der Waals surface area (Å²) in [6.45, 7) is 0. The quantitative estimate of drug-likeness (QED) is 0.458. The Kier molecular flexibility index (Phi) is 4.53. The van der Waals surface area contributed by atoms with Crippen LogP contribution in [0.15, 0.2) is 78.4 Å². The van der Waals surface area contributed by atoms with Gasteiger partial charge in [-0.1, -0.05) is 12.1 Å². The van der Waals surface area contributed by atoms with Gasteiger partial charge in [0.15, 0.2) is 0 Å². The molecule has 0 aliphatic carbocycles. The third-order valence-electron chi connectivity index (χ3n) is 4.72. The Balaban J connectivity index is 1.39. The molecule has 0 atom stereocenters. The van der Waals surface area contributed by atoms with Gasteiger partial charge in [0.25, 0.3) is 11.9 Å². The van der Waals surface area contributed by atoms with Gasteiger partial charge in [-0.3, -0.25) is 10.1 Å². The Labute approximate surface area is 176 Å². The van der Waals surface area contributed by atoms with Crippen LogP contribution in [0.3, 0.4) is 0 Å². The molecule has 7 nitrogen and oxygen atoms in total. The standard InChI is InChI=1S/C22H17N5O2S/c1-29-19-7-3-2-6-17(19)18-14-30-22-24-21(25-27(18)22)23-20(28)15-8-10-16(11-9-15)26-12-4-5-13-26/h2-14H,1H3,(H,23,25,28). The molecule has 148 valence electrons. The maximum atomic E-state index is 12.6. The van der Waals surface area contributed by atoms with Gasteiger partial charge in [-0.2, -0.15) is 4.98 Å². The first kappa shape index (κ1) is 18.1. The number of fused-ring (bicyclic) bond motifs is 1. The summed E-state index contributed by atoms with van der Waals surface area (Å²) < 4.78 is 9.15. The van der Waals surface area contributed by atoms with Gasteiger partial charge in [0, 0.05) is 34.6 Å². The number of thiazole rings is 1. The van der Waals surface area contributed by atoms with Crippen molar-refractivity contribution in [2.45, 2.75) is 0 Å². The largest absolute Gasteiger partial charge is 0.496 e. The van der Waals surface area contributed by atoms with Crippen molar-refractivity contribution in [1.82, 2.24) is 19.2 Å². The zero-order valence-electron chi connectivity index (χ0n) is 16.0. The molecule has 0 aliphatic rings. The summed E-state index contributed by atoms with van der Waals surface area (Å²) >= 11 is 1.45. The molecule has 5 aromatic rings. The van der Waals surface area contributed by atoms with E-state index in [1.165, 1.54) is 11.3 Å². The van der Waals surface area contributed by atoms with Crippen LogP contribution < -0.4 is 10.1 Å². The summed E-state index contributed by atoms with van der Waals surface area (Å²) in [6, 6.07) is 19.0. The van der Waals surface area contributed by atoms with Gasteiger partial charge in [0.2, 0.25) is 4.96 Å². The molecule has 2 aromatic carbocycles. The molecule has 1 amide bonds. The first-order chi connectivity index (χ1) is 14.7. The van der Waals surface area contributed by atoms with Crippen LogP contribution in [0.1, 0.15) is 10.4 Å².